The lowest BCUT2D eigenvalue weighted by Gasteiger charge is -2.13. The Kier molecular flexibility index (Phi) is 2.59. The summed E-state index contributed by atoms with van der Waals surface area (Å²) in [7, 11) is 0. The zero-order valence-electron chi connectivity index (χ0n) is 8.66. The number of ether oxygens (including phenoxy) is 1. The van der Waals surface area contributed by atoms with Crippen LogP contribution in [0.5, 0.6) is 0 Å². The summed E-state index contributed by atoms with van der Waals surface area (Å²) >= 11 is 2.04. The minimum atomic E-state index is 0.662. The molecule has 0 aromatic heterocycles. The van der Waals surface area contributed by atoms with Crippen LogP contribution in [-0.4, -0.2) is 17.5 Å². The lowest BCUT2D eigenvalue weighted by molar-refractivity contribution is 0.134. The van der Waals surface area contributed by atoms with E-state index < -0.39 is 0 Å². The first-order valence-corrected chi connectivity index (χ1v) is 6.61. The summed E-state index contributed by atoms with van der Waals surface area (Å²) in [5, 5.41) is 3.59. The minimum Gasteiger partial charge on any atom is -0.381 e. The van der Waals surface area contributed by atoms with E-state index in [4.69, 9.17) is 4.74 Å². The van der Waals surface area contributed by atoms with Crippen LogP contribution in [0.25, 0.3) is 0 Å². The topological polar surface area (TPSA) is 21.3 Å². The molecule has 2 aliphatic rings. The highest BCUT2D eigenvalue weighted by Gasteiger charge is 2.16. The lowest BCUT2D eigenvalue weighted by atomic mass is 10.1. The Morgan fingerprint density at radius 3 is 3.07 bits per heavy atom. The Morgan fingerprint density at radius 1 is 1.27 bits per heavy atom. The second-order valence-electron chi connectivity index (χ2n) is 4.18. The van der Waals surface area contributed by atoms with E-state index in [2.05, 4.69) is 23.5 Å². The van der Waals surface area contributed by atoms with E-state index in [-0.39, 0.29) is 0 Å². The van der Waals surface area contributed by atoms with Gasteiger partial charge in [0.15, 0.2) is 0 Å². The van der Waals surface area contributed by atoms with E-state index >= 15 is 0 Å². The third-order valence-electron chi connectivity index (χ3n) is 3.02. The molecule has 0 radical (unpaired) electrons. The predicted octanol–water partition coefficient (Wildman–Crippen LogP) is 2.63. The molecule has 15 heavy (non-hydrogen) atoms. The molecule has 2 heterocycles. The molecular formula is C12H15NOS. The van der Waals surface area contributed by atoms with E-state index in [1.54, 1.807) is 0 Å². The summed E-state index contributed by atoms with van der Waals surface area (Å²) in [6.07, 6.45) is 1.29. The fraction of sp³-hybridized carbons (Fsp3) is 0.500. The van der Waals surface area contributed by atoms with Gasteiger partial charge in [-0.05, 0) is 35.4 Å². The lowest BCUT2D eigenvalue weighted by Crippen LogP contribution is -2.18. The second-order valence-corrected chi connectivity index (χ2v) is 5.33. The number of nitrogens with one attached hydrogen (secondary N) is 1. The maximum absolute atomic E-state index is 5.41. The monoisotopic (exact) mass is 221 g/mol. The Morgan fingerprint density at radius 2 is 2.20 bits per heavy atom. The number of hydrogen-bond donors (Lipinski definition) is 1. The fourth-order valence-electron chi connectivity index (χ4n) is 2.15. The molecule has 1 unspecified atom stereocenters. The van der Waals surface area contributed by atoms with Gasteiger partial charge in [0.1, 0.15) is 0 Å². The SMILES string of the molecule is c1cc2c(cc1NC1CCSC1)COC2. The molecular weight excluding hydrogens is 206 g/mol. The van der Waals surface area contributed by atoms with Crippen LogP contribution in [-0.2, 0) is 18.0 Å². The Balaban J connectivity index is 1.75. The summed E-state index contributed by atoms with van der Waals surface area (Å²) in [4.78, 5) is 0. The van der Waals surface area contributed by atoms with Crippen LogP contribution in [0, 0.1) is 0 Å². The van der Waals surface area contributed by atoms with Crippen molar-refractivity contribution in [2.75, 3.05) is 16.8 Å². The molecule has 2 nitrogen and oxygen atoms in total. The van der Waals surface area contributed by atoms with Gasteiger partial charge in [0, 0.05) is 17.5 Å². The van der Waals surface area contributed by atoms with Crippen molar-refractivity contribution in [3.63, 3.8) is 0 Å². The first kappa shape index (κ1) is 9.55. The van der Waals surface area contributed by atoms with Gasteiger partial charge >= 0.3 is 0 Å². The molecule has 0 saturated carbocycles. The molecule has 0 aliphatic carbocycles. The van der Waals surface area contributed by atoms with Crippen molar-refractivity contribution >= 4 is 17.4 Å². The molecule has 0 bridgehead atoms. The molecule has 3 rings (SSSR count). The van der Waals surface area contributed by atoms with Crippen LogP contribution in [0.15, 0.2) is 18.2 Å². The van der Waals surface area contributed by atoms with E-state index in [1.807, 2.05) is 11.8 Å². The van der Waals surface area contributed by atoms with Crippen molar-refractivity contribution in [1.29, 1.82) is 0 Å². The van der Waals surface area contributed by atoms with Crippen LogP contribution in [0.1, 0.15) is 17.5 Å². The Hall–Kier alpha value is -0.670. The molecule has 1 fully saturated rings. The smallest absolute Gasteiger partial charge is 0.0725 e. The molecule has 1 N–H and O–H groups in total. The van der Waals surface area contributed by atoms with Crippen molar-refractivity contribution in [3.05, 3.63) is 29.3 Å². The zero-order chi connectivity index (χ0) is 10.1. The average Bonchev–Trinajstić information content (AvgIpc) is 2.87. The van der Waals surface area contributed by atoms with E-state index in [0.717, 1.165) is 13.2 Å². The molecule has 80 valence electrons. The highest BCUT2D eigenvalue weighted by molar-refractivity contribution is 7.99. The highest BCUT2D eigenvalue weighted by atomic mass is 32.2. The summed E-state index contributed by atoms with van der Waals surface area (Å²) in [6.45, 7) is 1.57. The van der Waals surface area contributed by atoms with Gasteiger partial charge in [0.2, 0.25) is 0 Å². The van der Waals surface area contributed by atoms with Crippen LogP contribution >= 0.6 is 11.8 Å². The minimum absolute atomic E-state index is 0.662. The molecule has 3 heteroatoms. The van der Waals surface area contributed by atoms with Gasteiger partial charge in [-0.2, -0.15) is 11.8 Å². The largest absolute Gasteiger partial charge is 0.381 e. The summed E-state index contributed by atoms with van der Waals surface area (Å²) in [5.74, 6) is 2.54. The van der Waals surface area contributed by atoms with Gasteiger partial charge in [0.05, 0.1) is 13.2 Å². The maximum Gasteiger partial charge on any atom is 0.0725 e. The predicted molar refractivity (Wildman–Crippen MR) is 64.3 cm³/mol. The van der Waals surface area contributed by atoms with Gasteiger partial charge < -0.3 is 10.1 Å². The number of hydrogen-bond acceptors (Lipinski definition) is 3. The number of fused-ring (bicyclic) bond motifs is 1. The van der Waals surface area contributed by atoms with Crippen molar-refractivity contribution in [2.24, 2.45) is 0 Å². The fourth-order valence-corrected chi connectivity index (χ4v) is 3.30. The first-order chi connectivity index (χ1) is 7.42. The second kappa shape index (κ2) is 4.06. The summed E-state index contributed by atoms with van der Waals surface area (Å²) in [6, 6.07) is 7.27. The van der Waals surface area contributed by atoms with Gasteiger partial charge in [-0.1, -0.05) is 6.07 Å². The Bertz CT molecular complexity index is 361. The summed E-state index contributed by atoms with van der Waals surface area (Å²) in [5.41, 5.74) is 3.96. The standard InChI is InChI=1S/C12H15NOS/c1-2-11(13-12-3-4-15-8-12)5-10-7-14-6-9(1)10/h1-2,5,12-13H,3-4,6-8H2. The number of benzene rings is 1. The molecule has 1 aromatic rings. The van der Waals surface area contributed by atoms with E-state index in [9.17, 15) is 0 Å². The van der Waals surface area contributed by atoms with Crippen LogP contribution in [0.3, 0.4) is 0 Å². The highest BCUT2D eigenvalue weighted by Crippen LogP contribution is 2.26. The number of rotatable bonds is 2. The first-order valence-electron chi connectivity index (χ1n) is 5.46. The molecule has 0 amide bonds. The third-order valence-corrected chi connectivity index (χ3v) is 4.18. The van der Waals surface area contributed by atoms with Crippen molar-refractivity contribution in [1.82, 2.24) is 0 Å². The molecule has 1 aromatic carbocycles. The van der Waals surface area contributed by atoms with Crippen molar-refractivity contribution < 1.29 is 4.74 Å². The van der Waals surface area contributed by atoms with Gasteiger partial charge in [-0.25, -0.2) is 0 Å². The van der Waals surface area contributed by atoms with Gasteiger partial charge in [-0.15, -0.1) is 0 Å². The van der Waals surface area contributed by atoms with E-state index in [1.165, 1.54) is 34.7 Å². The number of anilines is 1. The molecule has 1 saturated heterocycles. The Labute approximate surface area is 94.4 Å². The molecule has 2 aliphatic heterocycles. The molecule has 1 atom stereocenters. The van der Waals surface area contributed by atoms with Crippen molar-refractivity contribution in [3.8, 4) is 0 Å². The van der Waals surface area contributed by atoms with Crippen molar-refractivity contribution in [2.45, 2.75) is 25.7 Å². The van der Waals surface area contributed by atoms with Crippen LogP contribution in [0.2, 0.25) is 0 Å². The summed E-state index contributed by atoms with van der Waals surface area (Å²) < 4.78 is 5.41. The third kappa shape index (κ3) is 1.99. The van der Waals surface area contributed by atoms with Gasteiger partial charge in [0.25, 0.3) is 0 Å². The average molecular weight is 221 g/mol. The number of thioether (sulfide) groups is 1. The van der Waals surface area contributed by atoms with Crippen LogP contribution in [0.4, 0.5) is 5.69 Å². The quantitative estimate of drug-likeness (QED) is 0.829. The maximum atomic E-state index is 5.41. The van der Waals surface area contributed by atoms with Gasteiger partial charge in [-0.3, -0.25) is 0 Å². The normalized spacial score (nSPS) is 24.1. The van der Waals surface area contributed by atoms with Crippen LogP contribution < -0.4 is 5.32 Å². The zero-order valence-corrected chi connectivity index (χ0v) is 9.48. The van der Waals surface area contributed by atoms with E-state index in [0.29, 0.717) is 6.04 Å². The molecule has 0 spiro atoms.